The second-order valence-corrected chi connectivity index (χ2v) is 3.70. The molecular weight excluding hydrogens is 170 g/mol. The Morgan fingerprint density at radius 2 is 2.14 bits per heavy atom. The van der Waals surface area contributed by atoms with Crippen LogP contribution in [0.15, 0.2) is 53.2 Å². The van der Waals surface area contributed by atoms with E-state index in [0.29, 0.717) is 5.92 Å². The number of allylic oxidation sites excluding steroid dienone is 4. The highest BCUT2D eigenvalue weighted by atomic mass is 14.8. The van der Waals surface area contributed by atoms with Crippen molar-refractivity contribution in [3.63, 3.8) is 0 Å². The van der Waals surface area contributed by atoms with Gasteiger partial charge in [-0.15, -0.1) is 0 Å². The van der Waals surface area contributed by atoms with E-state index in [-0.39, 0.29) is 0 Å². The van der Waals surface area contributed by atoms with Crippen LogP contribution in [0.5, 0.6) is 0 Å². The molecule has 1 aliphatic heterocycles. The zero-order chi connectivity index (χ0) is 9.38. The maximum atomic E-state index is 4.48. The number of hydrogen-bond acceptors (Lipinski definition) is 1. The van der Waals surface area contributed by atoms with Crippen molar-refractivity contribution >= 4 is 6.21 Å². The van der Waals surface area contributed by atoms with Crippen molar-refractivity contribution < 1.29 is 0 Å². The Hall–Kier alpha value is -1.63. The lowest BCUT2D eigenvalue weighted by Crippen LogP contribution is -2.10. The van der Waals surface area contributed by atoms with Gasteiger partial charge in [0.05, 0.1) is 0 Å². The van der Waals surface area contributed by atoms with Crippen LogP contribution in [0.2, 0.25) is 0 Å². The van der Waals surface area contributed by atoms with Gasteiger partial charge < -0.3 is 0 Å². The largest absolute Gasteiger partial charge is 0.260 e. The molecule has 2 aliphatic rings. The predicted molar refractivity (Wildman–Crippen MR) is 58.6 cm³/mol. The van der Waals surface area contributed by atoms with Crippen molar-refractivity contribution in [2.45, 2.75) is 12.3 Å². The third kappa shape index (κ3) is 1.06. The van der Waals surface area contributed by atoms with Crippen molar-refractivity contribution in [1.82, 2.24) is 0 Å². The van der Waals surface area contributed by atoms with Gasteiger partial charge in [-0.05, 0) is 23.6 Å². The molecule has 1 nitrogen and oxygen atoms in total. The van der Waals surface area contributed by atoms with Gasteiger partial charge in [0, 0.05) is 17.8 Å². The molecule has 1 aromatic carbocycles. The van der Waals surface area contributed by atoms with Gasteiger partial charge in [0.1, 0.15) is 0 Å². The summed E-state index contributed by atoms with van der Waals surface area (Å²) in [6, 6.07) is 8.51. The fourth-order valence-corrected chi connectivity index (χ4v) is 2.13. The molecule has 0 N–H and O–H groups in total. The summed E-state index contributed by atoms with van der Waals surface area (Å²) in [6.07, 6.45) is 9.47. The first-order chi connectivity index (χ1) is 6.95. The highest BCUT2D eigenvalue weighted by molar-refractivity contribution is 5.85. The molecule has 1 heteroatoms. The number of nitrogens with zero attached hydrogens (tertiary/aromatic N) is 1. The van der Waals surface area contributed by atoms with Crippen LogP contribution in [0.4, 0.5) is 0 Å². The molecule has 1 heterocycles. The first kappa shape index (κ1) is 7.74. The zero-order valence-corrected chi connectivity index (χ0v) is 7.85. The average Bonchev–Trinajstić information content (AvgIpc) is 2.29. The topological polar surface area (TPSA) is 12.4 Å². The van der Waals surface area contributed by atoms with E-state index in [4.69, 9.17) is 0 Å². The Morgan fingerprint density at radius 3 is 3.14 bits per heavy atom. The summed E-state index contributed by atoms with van der Waals surface area (Å²) in [5.41, 5.74) is 3.88. The first-order valence-corrected chi connectivity index (χ1v) is 4.95. The number of aliphatic imine (C=N–C) groups is 1. The molecular formula is C13H11N. The lowest BCUT2D eigenvalue weighted by atomic mass is 9.85. The van der Waals surface area contributed by atoms with Crippen molar-refractivity contribution in [2.75, 3.05) is 0 Å². The van der Waals surface area contributed by atoms with E-state index >= 15 is 0 Å². The van der Waals surface area contributed by atoms with Crippen LogP contribution in [0, 0.1) is 0 Å². The lowest BCUT2D eigenvalue weighted by molar-refractivity contribution is 0.778. The Balaban J connectivity index is 2.18. The van der Waals surface area contributed by atoms with E-state index in [9.17, 15) is 0 Å². The van der Waals surface area contributed by atoms with E-state index in [2.05, 4.69) is 47.5 Å². The van der Waals surface area contributed by atoms with Crippen molar-refractivity contribution in [1.29, 1.82) is 0 Å². The Bertz CT molecular complexity index is 452. The van der Waals surface area contributed by atoms with Crippen LogP contribution >= 0.6 is 0 Å². The Morgan fingerprint density at radius 1 is 1.21 bits per heavy atom. The molecule has 14 heavy (non-hydrogen) atoms. The zero-order valence-electron chi connectivity index (χ0n) is 7.85. The van der Waals surface area contributed by atoms with Gasteiger partial charge in [-0.25, -0.2) is 0 Å². The molecule has 68 valence electrons. The quantitative estimate of drug-likeness (QED) is 0.583. The third-order valence-electron chi connectivity index (χ3n) is 2.86. The number of rotatable bonds is 0. The summed E-state index contributed by atoms with van der Waals surface area (Å²) in [5.74, 6) is 0.487. The van der Waals surface area contributed by atoms with Crippen LogP contribution in [0.3, 0.4) is 0 Å². The second-order valence-electron chi connectivity index (χ2n) is 3.70. The molecule has 0 aromatic heterocycles. The minimum Gasteiger partial charge on any atom is -0.260 e. The summed E-state index contributed by atoms with van der Waals surface area (Å²) < 4.78 is 0. The molecule has 1 aromatic rings. The van der Waals surface area contributed by atoms with Crippen molar-refractivity contribution in [2.24, 2.45) is 4.99 Å². The molecule has 1 unspecified atom stereocenters. The fourth-order valence-electron chi connectivity index (χ4n) is 2.13. The highest BCUT2D eigenvalue weighted by Crippen LogP contribution is 2.35. The lowest BCUT2D eigenvalue weighted by Gasteiger charge is -2.24. The molecule has 0 saturated heterocycles. The molecule has 3 rings (SSSR count). The van der Waals surface area contributed by atoms with E-state index in [1.54, 1.807) is 0 Å². The summed E-state index contributed by atoms with van der Waals surface area (Å²) >= 11 is 0. The predicted octanol–water partition coefficient (Wildman–Crippen LogP) is 3.05. The number of fused-ring (bicyclic) bond motifs is 3. The van der Waals surface area contributed by atoms with Gasteiger partial charge in [0.15, 0.2) is 0 Å². The first-order valence-electron chi connectivity index (χ1n) is 4.95. The maximum Gasteiger partial charge on any atom is 0.0481 e. The normalized spacial score (nSPS) is 22.6. The minimum atomic E-state index is 0.487. The Labute approximate surface area is 83.5 Å². The maximum absolute atomic E-state index is 4.48. The van der Waals surface area contributed by atoms with E-state index < -0.39 is 0 Å². The third-order valence-corrected chi connectivity index (χ3v) is 2.86. The Kier molecular flexibility index (Phi) is 1.63. The van der Waals surface area contributed by atoms with Crippen LogP contribution in [-0.2, 0) is 0 Å². The van der Waals surface area contributed by atoms with Gasteiger partial charge in [-0.3, -0.25) is 4.99 Å². The summed E-state index contributed by atoms with van der Waals surface area (Å²) in [6.45, 7) is 0. The molecule has 0 amide bonds. The van der Waals surface area contributed by atoms with Crippen LogP contribution < -0.4 is 0 Å². The van der Waals surface area contributed by atoms with E-state index in [1.807, 2.05) is 6.21 Å². The summed E-state index contributed by atoms with van der Waals surface area (Å²) in [5, 5.41) is 0. The fraction of sp³-hybridized carbons (Fsp3) is 0.154. The monoisotopic (exact) mass is 181 g/mol. The standard InChI is InChI=1S/C13H11N/c1-2-6-11-10(5-1)9-14-13-8-4-3-7-12(11)13/h1-6,8-9,12H,7H2. The highest BCUT2D eigenvalue weighted by Gasteiger charge is 2.21. The molecule has 0 radical (unpaired) electrons. The second kappa shape index (κ2) is 2.95. The van der Waals surface area contributed by atoms with Gasteiger partial charge in [0.2, 0.25) is 0 Å². The minimum absolute atomic E-state index is 0.487. The van der Waals surface area contributed by atoms with Crippen LogP contribution in [-0.4, -0.2) is 6.21 Å². The summed E-state index contributed by atoms with van der Waals surface area (Å²) in [7, 11) is 0. The molecule has 1 atom stereocenters. The van der Waals surface area contributed by atoms with Crippen molar-refractivity contribution in [3.8, 4) is 0 Å². The van der Waals surface area contributed by atoms with Gasteiger partial charge in [-0.1, -0.05) is 36.4 Å². The molecule has 0 bridgehead atoms. The van der Waals surface area contributed by atoms with Gasteiger partial charge >= 0.3 is 0 Å². The molecule has 0 saturated carbocycles. The van der Waals surface area contributed by atoms with Gasteiger partial charge in [-0.2, -0.15) is 0 Å². The van der Waals surface area contributed by atoms with Crippen molar-refractivity contribution in [3.05, 3.63) is 59.3 Å². The molecule has 1 aliphatic carbocycles. The van der Waals surface area contributed by atoms with Gasteiger partial charge in [0.25, 0.3) is 0 Å². The van der Waals surface area contributed by atoms with Crippen LogP contribution in [0.25, 0.3) is 0 Å². The summed E-state index contributed by atoms with van der Waals surface area (Å²) in [4.78, 5) is 4.48. The average molecular weight is 181 g/mol. The molecule has 0 fully saturated rings. The smallest absolute Gasteiger partial charge is 0.0481 e. The van der Waals surface area contributed by atoms with Crippen LogP contribution in [0.1, 0.15) is 23.5 Å². The van der Waals surface area contributed by atoms with E-state index in [0.717, 1.165) is 6.42 Å². The van der Waals surface area contributed by atoms with E-state index in [1.165, 1.54) is 16.8 Å². The number of benzene rings is 1. The number of hydrogen-bond donors (Lipinski definition) is 0. The molecule has 0 spiro atoms. The SMILES string of the molecule is C1=CCC2C(=C1)N=Cc1ccccc12.